The van der Waals surface area contributed by atoms with Crippen LogP contribution in [0.2, 0.25) is 0 Å². The fraction of sp³-hybridized carbons (Fsp3) is 0.412. The zero-order valence-corrected chi connectivity index (χ0v) is 14.3. The molecule has 2 rings (SSSR count). The Kier molecular flexibility index (Phi) is 6.61. The third kappa shape index (κ3) is 4.77. The van der Waals surface area contributed by atoms with E-state index in [4.69, 9.17) is 0 Å². The van der Waals surface area contributed by atoms with Gasteiger partial charge in [0, 0.05) is 23.7 Å². The molecule has 0 amide bonds. The van der Waals surface area contributed by atoms with Crippen LogP contribution in [0.25, 0.3) is 0 Å². The second-order valence-electron chi connectivity index (χ2n) is 4.81. The molecule has 4 heteroatoms. The number of hydrogen-bond acceptors (Lipinski definition) is 4. The molecule has 0 aliphatic carbocycles. The zero-order chi connectivity index (χ0) is 15.1. The number of thioether (sulfide) groups is 1. The van der Waals surface area contributed by atoms with E-state index in [1.54, 1.807) is 11.3 Å². The van der Waals surface area contributed by atoms with Crippen LogP contribution in [0.1, 0.15) is 31.2 Å². The number of hydrogen-bond donors (Lipinski definition) is 1. The van der Waals surface area contributed by atoms with E-state index >= 15 is 0 Å². The van der Waals surface area contributed by atoms with E-state index in [9.17, 15) is 5.11 Å². The number of nitrogens with zero attached hydrogens (tertiary/aromatic N) is 1. The van der Waals surface area contributed by atoms with Crippen LogP contribution in [0.5, 0.6) is 0 Å². The lowest BCUT2D eigenvalue weighted by molar-refractivity contribution is 0.173. The second-order valence-corrected chi connectivity index (χ2v) is 7.49. The van der Waals surface area contributed by atoms with Gasteiger partial charge in [-0.15, -0.1) is 23.1 Å². The first-order valence-electron chi connectivity index (χ1n) is 7.45. The Morgan fingerprint density at radius 3 is 2.57 bits per heavy atom. The molecular weight excluding hydrogens is 298 g/mol. The van der Waals surface area contributed by atoms with Crippen molar-refractivity contribution in [2.75, 3.05) is 23.7 Å². The van der Waals surface area contributed by atoms with Crippen molar-refractivity contribution in [1.82, 2.24) is 0 Å². The molecule has 0 saturated heterocycles. The Labute approximate surface area is 135 Å². The highest BCUT2D eigenvalue weighted by atomic mass is 32.2. The standard InChI is InChI=1S/C17H23NOS2/c1-3-18(14-8-6-5-7-9-14)13-12-15(19)16-10-11-17(21-16)20-4-2/h5-11,15,19H,3-4,12-13H2,1-2H3. The monoisotopic (exact) mass is 321 g/mol. The fourth-order valence-electron chi connectivity index (χ4n) is 2.26. The lowest BCUT2D eigenvalue weighted by Gasteiger charge is -2.24. The molecular formula is C17H23NOS2. The molecule has 0 aliphatic heterocycles. The van der Waals surface area contributed by atoms with Crippen molar-refractivity contribution in [3.05, 3.63) is 47.3 Å². The highest BCUT2D eigenvalue weighted by molar-refractivity contribution is 8.01. The fourth-order valence-corrected chi connectivity index (χ4v) is 4.35. The van der Waals surface area contributed by atoms with Gasteiger partial charge in [0.1, 0.15) is 0 Å². The number of thiophene rings is 1. The maximum Gasteiger partial charge on any atom is 0.0899 e. The van der Waals surface area contributed by atoms with Crippen molar-refractivity contribution < 1.29 is 5.11 Å². The smallest absolute Gasteiger partial charge is 0.0899 e. The van der Waals surface area contributed by atoms with Crippen molar-refractivity contribution >= 4 is 28.8 Å². The molecule has 114 valence electrons. The van der Waals surface area contributed by atoms with Crippen LogP contribution in [0.15, 0.2) is 46.7 Å². The van der Waals surface area contributed by atoms with Gasteiger partial charge in [0.2, 0.25) is 0 Å². The molecule has 1 aromatic carbocycles. The predicted octanol–water partition coefficient (Wildman–Crippen LogP) is 4.81. The summed E-state index contributed by atoms with van der Waals surface area (Å²) in [5.74, 6) is 1.08. The van der Waals surface area contributed by atoms with Gasteiger partial charge in [0.15, 0.2) is 0 Å². The molecule has 0 saturated carbocycles. The number of aliphatic hydroxyl groups is 1. The molecule has 1 atom stereocenters. The van der Waals surface area contributed by atoms with Gasteiger partial charge in [-0.25, -0.2) is 0 Å². The number of aliphatic hydroxyl groups excluding tert-OH is 1. The van der Waals surface area contributed by atoms with Crippen LogP contribution >= 0.6 is 23.1 Å². The van der Waals surface area contributed by atoms with E-state index in [1.165, 1.54) is 9.90 Å². The molecule has 0 aliphatic rings. The first kappa shape index (κ1) is 16.4. The molecule has 1 heterocycles. The first-order valence-corrected chi connectivity index (χ1v) is 9.25. The molecule has 21 heavy (non-hydrogen) atoms. The largest absolute Gasteiger partial charge is 0.388 e. The van der Waals surface area contributed by atoms with Gasteiger partial charge >= 0.3 is 0 Å². The topological polar surface area (TPSA) is 23.5 Å². The summed E-state index contributed by atoms with van der Waals surface area (Å²) in [6.45, 7) is 6.13. The summed E-state index contributed by atoms with van der Waals surface area (Å²) in [5, 5.41) is 10.4. The van der Waals surface area contributed by atoms with E-state index in [2.05, 4.69) is 55.1 Å². The highest BCUT2D eigenvalue weighted by Gasteiger charge is 2.13. The molecule has 1 N–H and O–H groups in total. The molecule has 0 bridgehead atoms. The first-order chi connectivity index (χ1) is 10.2. The van der Waals surface area contributed by atoms with Gasteiger partial charge in [0.05, 0.1) is 10.3 Å². The highest BCUT2D eigenvalue weighted by Crippen LogP contribution is 2.32. The Hall–Kier alpha value is -0.970. The van der Waals surface area contributed by atoms with E-state index in [0.29, 0.717) is 0 Å². The molecule has 0 radical (unpaired) electrons. The maximum absolute atomic E-state index is 10.4. The summed E-state index contributed by atoms with van der Waals surface area (Å²) < 4.78 is 1.29. The summed E-state index contributed by atoms with van der Waals surface area (Å²) in [5.41, 5.74) is 1.22. The van der Waals surface area contributed by atoms with Gasteiger partial charge in [0.25, 0.3) is 0 Å². The van der Waals surface area contributed by atoms with E-state index < -0.39 is 0 Å². The Morgan fingerprint density at radius 2 is 1.90 bits per heavy atom. The molecule has 1 unspecified atom stereocenters. The van der Waals surface area contributed by atoms with Crippen molar-refractivity contribution in [2.45, 2.75) is 30.6 Å². The van der Waals surface area contributed by atoms with Crippen LogP contribution in [0.3, 0.4) is 0 Å². The summed E-state index contributed by atoms with van der Waals surface area (Å²) in [6, 6.07) is 14.6. The minimum Gasteiger partial charge on any atom is -0.388 e. The normalized spacial score (nSPS) is 12.3. The molecule has 2 nitrogen and oxygen atoms in total. The number of benzene rings is 1. The number of anilines is 1. The van der Waals surface area contributed by atoms with Gasteiger partial charge in [-0.05, 0) is 43.4 Å². The zero-order valence-electron chi connectivity index (χ0n) is 12.7. The van der Waals surface area contributed by atoms with Crippen LogP contribution < -0.4 is 4.90 Å². The SMILES string of the molecule is CCSc1ccc(C(O)CCN(CC)c2ccccc2)s1. The van der Waals surface area contributed by atoms with Gasteiger partial charge in [-0.3, -0.25) is 0 Å². The van der Waals surface area contributed by atoms with E-state index in [0.717, 1.165) is 30.1 Å². The number of para-hydroxylation sites is 1. The summed E-state index contributed by atoms with van der Waals surface area (Å²) in [7, 11) is 0. The minimum atomic E-state index is -0.362. The van der Waals surface area contributed by atoms with Gasteiger partial charge in [-0.2, -0.15) is 0 Å². The van der Waals surface area contributed by atoms with Crippen molar-refractivity contribution in [3.8, 4) is 0 Å². The summed E-state index contributed by atoms with van der Waals surface area (Å²) in [4.78, 5) is 3.38. The van der Waals surface area contributed by atoms with Gasteiger partial charge in [-0.1, -0.05) is 25.1 Å². The number of rotatable bonds is 8. The van der Waals surface area contributed by atoms with E-state index in [1.807, 2.05) is 17.8 Å². The Morgan fingerprint density at radius 1 is 1.14 bits per heavy atom. The quantitative estimate of drug-likeness (QED) is 0.706. The van der Waals surface area contributed by atoms with Crippen LogP contribution in [-0.2, 0) is 0 Å². The Balaban J connectivity index is 1.91. The minimum absolute atomic E-state index is 0.362. The Bertz CT molecular complexity index is 527. The third-order valence-corrected chi connectivity index (χ3v) is 5.69. The average molecular weight is 322 g/mol. The van der Waals surface area contributed by atoms with Crippen molar-refractivity contribution in [2.24, 2.45) is 0 Å². The predicted molar refractivity (Wildman–Crippen MR) is 94.6 cm³/mol. The lowest BCUT2D eigenvalue weighted by Crippen LogP contribution is -2.25. The summed E-state index contributed by atoms with van der Waals surface area (Å²) >= 11 is 3.55. The van der Waals surface area contributed by atoms with Crippen LogP contribution in [0.4, 0.5) is 5.69 Å². The van der Waals surface area contributed by atoms with Crippen molar-refractivity contribution in [1.29, 1.82) is 0 Å². The average Bonchev–Trinajstić information content (AvgIpc) is 2.98. The maximum atomic E-state index is 10.4. The summed E-state index contributed by atoms with van der Waals surface area (Å²) in [6.07, 6.45) is 0.401. The van der Waals surface area contributed by atoms with Crippen molar-refractivity contribution in [3.63, 3.8) is 0 Å². The van der Waals surface area contributed by atoms with Gasteiger partial charge < -0.3 is 10.0 Å². The van der Waals surface area contributed by atoms with Crippen LogP contribution in [0, 0.1) is 0 Å². The van der Waals surface area contributed by atoms with Crippen LogP contribution in [-0.4, -0.2) is 23.9 Å². The molecule has 2 aromatic rings. The second kappa shape index (κ2) is 8.47. The molecule has 0 spiro atoms. The molecule has 0 fully saturated rings. The lowest BCUT2D eigenvalue weighted by atomic mass is 10.2. The molecule has 1 aromatic heterocycles. The van der Waals surface area contributed by atoms with E-state index in [-0.39, 0.29) is 6.10 Å². The third-order valence-electron chi connectivity index (χ3n) is 3.39.